The molecule has 1 radical (unpaired) electrons. The largest absolute Gasteiger partial charge is 0.0654 e. The van der Waals surface area contributed by atoms with Gasteiger partial charge >= 0.3 is 0 Å². The lowest BCUT2D eigenvalue weighted by Gasteiger charge is -2.15. The standard InChI is InChI=1S/C16H24I/c1-3-5-6-7-8-9-14(4-2)15-10-12-16(17)13-11-15/h10-14H,2-9H2,1H3/t14-/m0/s1. The van der Waals surface area contributed by atoms with E-state index in [4.69, 9.17) is 0 Å². The highest BCUT2D eigenvalue weighted by Gasteiger charge is 2.08. The number of hydrogen-bond donors (Lipinski definition) is 0. The molecule has 0 saturated heterocycles. The van der Waals surface area contributed by atoms with E-state index in [1.165, 1.54) is 47.7 Å². The van der Waals surface area contributed by atoms with Crippen molar-refractivity contribution in [1.29, 1.82) is 0 Å². The van der Waals surface area contributed by atoms with E-state index in [1.54, 1.807) is 0 Å². The smallest absolute Gasteiger partial charge is 0.0130 e. The molecule has 0 unspecified atom stereocenters. The molecule has 0 N–H and O–H groups in total. The third kappa shape index (κ3) is 5.89. The Morgan fingerprint density at radius 2 is 1.71 bits per heavy atom. The Balaban J connectivity index is 2.35. The van der Waals surface area contributed by atoms with E-state index in [9.17, 15) is 0 Å². The van der Waals surface area contributed by atoms with Gasteiger partial charge in [-0.25, -0.2) is 0 Å². The Morgan fingerprint density at radius 1 is 1.06 bits per heavy atom. The molecule has 0 fully saturated rings. The summed E-state index contributed by atoms with van der Waals surface area (Å²) < 4.78 is 1.32. The summed E-state index contributed by atoms with van der Waals surface area (Å²) in [5.74, 6) is 0.661. The van der Waals surface area contributed by atoms with E-state index in [-0.39, 0.29) is 0 Å². The van der Waals surface area contributed by atoms with Gasteiger partial charge in [0.05, 0.1) is 0 Å². The Kier molecular flexibility index (Phi) is 7.91. The van der Waals surface area contributed by atoms with Gasteiger partial charge in [-0.05, 0) is 59.0 Å². The molecule has 0 aliphatic carbocycles. The minimum atomic E-state index is 0.661. The average molecular weight is 343 g/mol. The molecule has 0 spiro atoms. The van der Waals surface area contributed by atoms with Crippen molar-refractivity contribution in [3.05, 3.63) is 40.3 Å². The zero-order valence-corrected chi connectivity index (χ0v) is 13.1. The van der Waals surface area contributed by atoms with Gasteiger partial charge in [-0.1, -0.05) is 58.1 Å². The molecule has 1 heteroatoms. The molecule has 0 amide bonds. The first-order valence-electron chi connectivity index (χ1n) is 6.82. The second kappa shape index (κ2) is 8.96. The molecule has 95 valence electrons. The summed E-state index contributed by atoms with van der Waals surface area (Å²) in [6.07, 6.45) is 9.17. The Hall–Kier alpha value is -0.0500. The second-order valence-electron chi connectivity index (χ2n) is 4.74. The third-order valence-corrected chi connectivity index (χ3v) is 4.07. The third-order valence-electron chi connectivity index (χ3n) is 3.35. The number of hydrogen-bond acceptors (Lipinski definition) is 0. The highest BCUT2D eigenvalue weighted by atomic mass is 127. The van der Waals surface area contributed by atoms with Crippen LogP contribution in [0.4, 0.5) is 0 Å². The van der Waals surface area contributed by atoms with Crippen LogP contribution in [0.5, 0.6) is 0 Å². The summed E-state index contributed by atoms with van der Waals surface area (Å²) in [6.45, 7) is 6.37. The minimum absolute atomic E-state index is 0.661. The van der Waals surface area contributed by atoms with E-state index in [0.29, 0.717) is 5.92 Å². The summed E-state index contributed by atoms with van der Waals surface area (Å²) in [5.41, 5.74) is 1.47. The lowest BCUT2D eigenvalue weighted by atomic mass is 9.91. The predicted octanol–water partition coefficient (Wildman–Crippen LogP) is 5.96. The molecule has 0 heterocycles. The molecule has 0 aliphatic heterocycles. The molecule has 0 saturated carbocycles. The van der Waals surface area contributed by atoms with Crippen LogP contribution in [0.15, 0.2) is 24.3 Å². The predicted molar refractivity (Wildman–Crippen MR) is 85.3 cm³/mol. The zero-order valence-electron chi connectivity index (χ0n) is 10.9. The first-order valence-corrected chi connectivity index (χ1v) is 7.90. The first kappa shape index (κ1) is 15.0. The fourth-order valence-electron chi connectivity index (χ4n) is 2.21. The van der Waals surface area contributed by atoms with Crippen LogP contribution >= 0.6 is 22.6 Å². The van der Waals surface area contributed by atoms with E-state index in [1.807, 2.05) is 0 Å². The Labute approximate surface area is 120 Å². The minimum Gasteiger partial charge on any atom is -0.0654 e. The van der Waals surface area contributed by atoms with Gasteiger partial charge in [-0.2, -0.15) is 0 Å². The topological polar surface area (TPSA) is 0 Å². The molecular formula is C16H24I. The van der Waals surface area contributed by atoms with Crippen LogP contribution in [0.1, 0.15) is 63.4 Å². The molecule has 17 heavy (non-hydrogen) atoms. The normalized spacial score (nSPS) is 12.6. The second-order valence-corrected chi connectivity index (χ2v) is 5.99. The highest BCUT2D eigenvalue weighted by Crippen LogP contribution is 2.26. The van der Waals surface area contributed by atoms with Crippen LogP contribution in [0.3, 0.4) is 0 Å². The van der Waals surface area contributed by atoms with Crippen molar-refractivity contribution in [3.8, 4) is 0 Å². The molecule has 1 aromatic rings. The molecule has 1 rings (SSSR count). The first-order chi connectivity index (χ1) is 8.27. The molecule has 0 aromatic heterocycles. The summed E-state index contributed by atoms with van der Waals surface area (Å²) >= 11 is 2.36. The van der Waals surface area contributed by atoms with Gasteiger partial charge in [-0.15, -0.1) is 0 Å². The van der Waals surface area contributed by atoms with Crippen molar-refractivity contribution in [3.63, 3.8) is 0 Å². The quantitative estimate of drug-likeness (QED) is 0.404. The number of halogens is 1. The van der Waals surface area contributed by atoms with Gasteiger partial charge in [0.2, 0.25) is 0 Å². The molecule has 1 aromatic carbocycles. The van der Waals surface area contributed by atoms with Crippen LogP contribution < -0.4 is 0 Å². The van der Waals surface area contributed by atoms with Crippen LogP contribution in [0.25, 0.3) is 0 Å². The number of unbranched alkanes of at least 4 members (excludes halogenated alkanes) is 4. The van der Waals surface area contributed by atoms with Gasteiger partial charge in [0.25, 0.3) is 0 Å². The highest BCUT2D eigenvalue weighted by molar-refractivity contribution is 14.1. The lowest BCUT2D eigenvalue weighted by molar-refractivity contribution is 0.546. The fourth-order valence-corrected chi connectivity index (χ4v) is 2.57. The maximum absolute atomic E-state index is 4.10. The number of rotatable bonds is 8. The van der Waals surface area contributed by atoms with Crippen molar-refractivity contribution in [2.45, 2.75) is 57.8 Å². The van der Waals surface area contributed by atoms with Crippen molar-refractivity contribution in [2.24, 2.45) is 0 Å². The zero-order chi connectivity index (χ0) is 12.5. The van der Waals surface area contributed by atoms with Crippen LogP contribution in [-0.2, 0) is 0 Å². The van der Waals surface area contributed by atoms with Gasteiger partial charge in [0.15, 0.2) is 0 Å². The van der Waals surface area contributed by atoms with Crippen molar-refractivity contribution in [1.82, 2.24) is 0 Å². The molecule has 0 bridgehead atoms. The average Bonchev–Trinajstić information content (AvgIpc) is 2.35. The number of benzene rings is 1. The lowest BCUT2D eigenvalue weighted by Crippen LogP contribution is -1.97. The van der Waals surface area contributed by atoms with Crippen molar-refractivity contribution >= 4 is 22.6 Å². The molecule has 1 atom stereocenters. The van der Waals surface area contributed by atoms with Crippen LogP contribution in [0, 0.1) is 10.5 Å². The van der Waals surface area contributed by atoms with Crippen LogP contribution in [0.2, 0.25) is 0 Å². The molecule has 0 aliphatic rings. The van der Waals surface area contributed by atoms with E-state index in [2.05, 4.69) is 60.7 Å². The fraction of sp³-hybridized carbons (Fsp3) is 0.562. The Bertz CT molecular complexity index is 289. The van der Waals surface area contributed by atoms with Crippen molar-refractivity contribution < 1.29 is 0 Å². The van der Waals surface area contributed by atoms with Crippen molar-refractivity contribution in [2.75, 3.05) is 0 Å². The van der Waals surface area contributed by atoms with E-state index in [0.717, 1.165) is 6.42 Å². The molecule has 0 nitrogen and oxygen atoms in total. The van der Waals surface area contributed by atoms with E-state index < -0.39 is 0 Å². The van der Waals surface area contributed by atoms with Crippen LogP contribution in [-0.4, -0.2) is 0 Å². The summed E-state index contributed by atoms with van der Waals surface area (Å²) in [4.78, 5) is 0. The van der Waals surface area contributed by atoms with Gasteiger partial charge in [0, 0.05) is 3.57 Å². The maximum atomic E-state index is 4.10. The van der Waals surface area contributed by atoms with Gasteiger partial charge in [0.1, 0.15) is 0 Å². The van der Waals surface area contributed by atoms with Gasteiger partial charge < -0.3 is 0 Å². The SMILES string of the molecule is [CH2]C[C@@H](CCCCCCC)c1ccc(I)cc1. The maximum Gasteiger partial charge on any atom is 0.0130 e. The summed E-state index contributed by atoms with van der Waals surface area (Å²) in [5, 5.41) is 0. The molecular weight excluding hydrogens is 319 g/mol. The Morgan fingerprint density at radius 3 is 2.29 bits per heavy atom. The summed E-state index contributed by atoms with van der Waals surface area (Å²) in [7, 11) is 0. The summed E-state index contributed by atoms with van der Waals surface area (Å²) in [6, 6.07) is 8.94. The van der Waals surface area contributed by atoms with Gasteiger partial charge in [-0.3, -0.25) is 0 Å². The van der Waals surface area contributed by atoms with E-state index >= 15 is 0 Å². The monoisotopic (exact) mass is 343 g/mol.